The van der Waals surface area contributed by atoms with Crippen molar-refractivity contribution in [1.82, 2.24) is 4.90 Å². The van der Waals surface area contributed by atoms with Gasteiger partial charge in [0, 0.05) is 16.8 Å². The predicted molar refractivity (Wildman–Crippen MR) is 98.2 cm³/mol. The minimum absolute atomic E-state index is 0.000650. The Labute approximate surface area is 144 Å². The van der Waals surface area contributed by atoms with E-state index in [1.807, 2.05) is 45.9 Å². The number of hydrogen-bond acceptors (Lipinski definition) is 3. The Morgan fingerprint density at radius 1 is 1.08 bits per heavy atom. The molecule has 0 radical (unpaired) electrons. The van der Waals surface area contributed by atoms with Crippen molar-refractivity contribution in [3.63, 3.8) is 0 Å². The first kappa shape index (κ1) is 18.5. The normalized spacial score (nSPS) is 15.8. The van der Waals surface area contributed by atoms with Crippen LogP contribution in [0, 0.1) is 12.3 Å². The number of likely N-dealkylation sites (tertiary alicyclic amines) is 1. The van der Waals surface area contributed by atoms with Crippen molar-refractivity contribution < 1.29 is 9.59 Å². The van der Waals surface area contributed by atoms with Crippen molar-refractivity contribution in [2.75, 3.05) is 30.3 Å². The number of benzene rings is 1. The van der Waals surface area contributed by atoms with Crippen molar-refractivity contribution in [1.29, 1.82) is 0 Å². The van der Waals surface area contributed by atoms with Crippen molar-refractivity contribution in [3.05, 3.63) is 23.8 Å². The Bertz CT molecular complexity index is 599. The van der Waals surface area contributed by atoms with Crippen LogP contribution in [0.4, 0.5) is 11.4 Å². The third-order valence-corrected chi connectivity index (χ3v) is 4.27. The fourth-order valence-electron chi connectivity index (χ4n) is 2.66. The molecule has 2 amide bonds. The van der Waals surface area contributed by atoms with E-state index in [2.05, 4.69) is 15.5 Å². The Morgan fingerprint density at radius 2 is 1.75 bits per heavy atom. The molecule has 1 fully saturated rings. The molecule has 0 saturated carbocycles. The molecule has 2 rings (SSSR count). The molecular formula is C19H29N3O2. The summed E-state index contributed by atoms with van der Waals surface area (Å²) >= 11 is 0. The lowest BCUT2D eigenvalue weighted by Crippen LogP contribution is -2.36. The van der Waals surface area contributed by atoms with Crippen LogP contribution in [0.3, 0.4) is 0 Å². The largest absolute Gasteiger partial charge is 0.326 e. The first-order valence-corrected chi connectivity index (χ1v) is 8.70. The van der Waals surface area contributed by atoms with E-state index >= 15 is 0 Å². The molecule has 0 bridgehead atoms. The second-order valence-electron chi connectivity index (χ2n) is 7.62. The Hall–Kier alpha value is -1.88. The molecule has 5 nitrogen and oxygen atoms in total. The summed E-state index contributed by atoms with van der Waals surface area (Å²) in [5, 5.41) is 5.88. The number of carbonyl (C=O) groups excluding carboxylic acids is 2. The highest BCUT2D eigenvalue weighted by Gasteiger charge is 2.21. The highest BCUT2D eigenvalue weighted by molar-refractivity contribution is 5.97. The average molecular weight is 331 g/mol. The molecule has 132 valence electrons. The molecule has 0 aromatic heterocycles. The van der Waals surface area contributed by atoms with Crippen LogP contribution in [0.1, 0.15) is 45.6 Å². The van der Waals surface area contributed by atoms with Crippen LogP contribution < -0.4 is 10.6 Å². The number of hydrogen-bond donors (Lipinski definition) is 2. The molecule has 1 heterocycles. The van der Waals surface area contributed by atoms with E-state index in [1.54, 1.807) is 0 Å². The fraction of sp³-hybridized carbons (Fsp3) is 0.579. The molecule has 1 aliphatic heterocycles. The van der Waals surface area contributed by atoms with Gasteiger partial charge in [-0.05, 0) is 50.6 Å². The summed E-state index contributed by atoms with van der Waals surface area (Å²) in [6, 6.07) is 5.60. The molecule has 1 aliphatic rings. The second kappa shape index (κ2) is 7.79. The maximum absolute atomic E-state index is 12.3. The lowest BCUT2D eigenvalue weighted by atomic mass is 9.95. The van der Waals surface area contributed by atoms with Gasteiger partial charge in [0.25, 0.3) is 0 Å². The van der Waals surface area contributed by atoms with E-state index in [-0.39, 0.29) is 11.8 Å². The second-order valence-corrected chi connectivity index (χ2v) is 7.62. The van der Waals surface area contributed by atoms with E-state index in [4.69, 9.17) is 0 Å². The van der Waals surface area contributed by atoms with Gasteiger partial charge in [-0.25, -0.2) is 0 Å². The molecule has 24 heavy (non-hydrogen) atoms. The summed E-state index contributed by atoms with van der Waals surface area (Å²) in [5.74, 6) is -0.0451. The minimum atomic E-state index is -0.456. The molecule has 5 heteroatoms. The van der Waals surface area contributed by atoms with Crippen molar-refractivity contribution in [3.8, 4) is 0 Å². The number of carbonyl (C=O) groups is 2. The third-order valence-electron chi connectivity index (χ3n) is 4.27. The average Bonchev–Trinajstić information content (AvgIpc) is 2.50. The number of anilines is 2. The molecular weight excluding hydrogens is 302 g/mol. The molecule has 0 aliphatic carbocycles. The molecule has 2 N–H and O–H groups in total. The van der Waals surface area contributed by atoms with Crippen molar-refractivity contribution in [2.45, 2.75) is 47.0 Å². The number of nitrogens with zero attached hydrogens (tertiary/aromatic N) is 1. The van der Waals surface area contributed by atoms with Crippen LogP contribution in [0.15, 0.2) is 18.2 Å². The van der Waals surface area contributed by atoms with Crippen LogP contribution in [-0.2, 0) is 9.59 Å². The van der Waals surface area contributed by atoms with Gasteiger partial charge < -0.3 is 10.6 Å². The summed E-state index contributed by atoms with van der Waals surface area (Å²) in [6.45, 7) is 9.99. The van der Waals surface area contributed by atoms with E-state index < -0.39 is 5.41 Å². The number of nitrogens with one attached hydrogen (secondary N) is 2. The highest BCUT2D eigenvalue weighted by atomic mass is 16.2. The zero-order valence-corrected chi connectivity index (χ0v) is 15.2. The SMILES string of the molecule is Cc1ccc(NC(=O)C(C)(C)C)cc1NC(=O)CN1CCCCC1. The fourth-order valence-corrected chi connectivity index (χ4v) is 2.66. The van der Waals surface area contributed by atoms with E-state index in [1.165, 1.54) is 19.3 Å². The maximum Gasteiger partial charge on any atom is 0.238 e. The van der Waals surface area contributed by atoms with E-state index in [9.17, 15) is 9.59 Å². The number of aryl methyl sites for hydroxylation is 1. The van der Waals surface area contributed by atoms with Crippen LogP contribution in [0.25, 0.3) is 0 Å². The van der Waals surface area contributed by atoms with Gasteiger partial charge in [0.15, 0.2) is 0 Å². The smallest absolute Gasteiger partial charge is 0.238 e. The number of rotatable bonds is 4. The Balaban J connectivity index is 2.00. The Morgan fingerprint density at radius 3 is 2.38 bits per heavy atom. The quantitative estimate of drug-likeness (QED) is 0.889. The van der Waals surface area contributed by atoms with Crippen LogP contribution >= 0.6 is 0 Å². The van der Waals surface area contributed by atoms with Gasteiger partial charge in [-0.2, -0.15) is 0 Å². The summed E-state index contributed by atoms with van der Waals surface area (Å²) in [5.41, 5.74) is 1.98. The molecule has 0 spiro atoms. The van der Waals surface area contributed by atoms with Crippen LogP contribution in [-0.4, -0.2) is 36.3 Å². The van der Waals surface area contributed by atoms with Gasteiger partial charge in [0.05, 0.1) is 6.54 Å². The lowest BCUT2D eigenvalue weighted by Gasteiger charge is -2.25. The molecule has 0 unspecified atom stereocenters. The first-order chi connectivity index (χ1) is 11.3. The van der Waals surface area contributed by atoms with Gasteiger partial charge in [-0.3, -0.25) is 14.5 Å². The molecule has 1 aromatic rings. The lowest BCUT2D eigenvalue weighted by molar-refractivity contribution is -0.123. The summed E-state index contributed by atoms with van der Waals surface area (Å²) in [6.07, 6.45) is 3.59. The topological polar surface area (TPSA) is 61.4 Å². The first-order valence-electron chi connectivity index (χ1n) is 8.70. The van der Waals surface area contributed by atoms with Crippen LogP contribution in [0.5, 0.6) is 0 Å². The predicted octanol–water partition coefficient (Wildman–Crippen LogP) is 3.40. The highest BCUT2D eigenvalue weighted by Crippen LogP contribution is 2.23. The molecule has 1 aromatic carbocycles. The summed E-state index contributed by atoms with van der Waals surface area (Å²) < 4.78 is 0. The standard InChI is InChI=1S/C19H29N3O2/c1-14-8-9-15(20-18(24)19(2,3)4)12-16(14)21-17(23)13-22-10-6-5-7-11-22/h8-9,12H,5-7,10-11,13H2,1-4H3,(H,20,24)(H,21,23). The Kier molecular flexibility index (Phi) is 5.99. The zero-order valence-electron chi connectivity index (χ0n) is 15.2. The van der Waals surface area contributed by atoms with Gasteiger partial charge in [0.2, 0.25) is 11.8 Å². The van der Waals surface area contributed by atoms with E-state index in [0.29, 0.717) is 12.2 Å². The van der Waals surface area contributed by atoms with Gasteiger partial charge in [0.1, 0.15) is 0 Å². The monoisotopic (exact) mass is 331 g/mol. The van der Waals surface area contributed by atoms with Gasteiger partial charge >= 0.3 is 0 Å². The molecule has 0 atom stereocenters. The van der Waals surface area contributed by atoms with Gasteiger partial charge in [-0.15, -0.1) is 0 Å². The van der Waals surface area contributed by atoms with Crippen molar-refractivity contribution in [2.24, 2.45) is 5.41 Å². The minimum Gasteiger partial charge on any atom is -0.326 e. The van der Waals surface area contributed by atoms with Gasteiger partial charge in [-0.1, -0.05) is 33.3 Å². The zero-order chi connectivity index (χ0) is 17.7. The molecule has 1 saturated heterocycles. The summed E-state index contributed by atoms with van der Waals surface area (Å²) in [7, 11) is 0. The third kappa shape index (κ3) is 5.34. The maximum atomic E-state index is 12.3. The number of piperidine rings is 1. The van der Waals surface area contributed by atoms with Crippen molar-refractivity contribution >= 4 is 23.2 Å². The van der Waals surface area contributed by atoms with E-state index in [0.717, 1.165) is 24.3 Å². The van der Waals surface area contributed by atoms with Crippen LogP contribution in [0.2, 0.25) is 0 Å². The summed E-state index contributed by atoms with van der Waals surface area (Å²) in [4.78, 5) is 26.6. The number of amides is 2.